The predicted molar refractivity (Wildman–Crippen MR) is 267 cm³/mol. The number of benzene rings is 11. The zero-order valence-electron chi connectivity index (χ0n) is 34.4. The Kier molecular flexibility index (Phi) is 7.20. The summed E-state index contributed by atoms with van der Waals surface area (Å²) in [6.45, 7) is 0. The Morgan fingerprint density at radius 1 is 0.254 bits per heavy atom. The van der Waals surface area contributed by atoms with Crippen LogP contribution in [-0.2, 0) is 6.42 Å². The third-order valence-electron chi connectivity index (χ3n) is 13.9. The molecule has 2 nitrogen and oxygen atoms in total. The summed E-state index contributed by atoms with van der Waals surface area (Å²) in [6, 6.07) is 81.3. The molecular formula is C61H38N2. The molecule has 292 valence electrons. The van der Waals surface area contributed by atoms with Gasteiger partial charge >= 0.3 is 0 Å². The van der Waals surface area contributed by atoms with E-state index < -0.39 is 0 Å². The van der Waals surface area contributed by atoms with Crippen LogP contribution in [-0.4, -0.2) is 9.13 Å². The average molecular weight is 799 g/mol. The van der Waals surface area contributed by atoms with Crippen LogP contribution in [0.15, 0.2) is 218 Å². The molecule has 0 saturated heterocycles. The van der Waals surface area contributed by atoms with Crippen LogP contribution in [0.2, 0.25) is 0 Å². The van der Waals surface area contributed by atoms with E-state index in [9.17, 15) is 0 Å². The summed E-state index contributed by atoms with van der Waals surface area (Å²) in [6.07, 6.45) is 0.875. The highest BCUT2D eigenvalue weighted by Crippen LogP contribution is 2.47. The highest BCUT2D eigenvalue weighted by molar-refractivity contribution is 6.25. The molecule has 1 aliphatic carbocycles. The van der Waals surface area contributed by atoms with Crippen LogP contribution in [0.5, 0.6) is 0 Å². The van der Waals surface area contributed by atoms with Gasteiger partial charge in [-0.2, -0.15) is 0 Å². The molecule has 0 saturated carbocycles. The Hall–Kier alpha value is -8.20. The minimum Gasteiger partial charge on any atom is -0.309 e. The molecule has 63 heavy (non-hydrogen) atoms. The van der Waals surface area contributed by atoms with Crippen LogP contribution in [0, 0.1) is 0 Å². The molecule has 0 bridgehead atoms. The molecule has 0 unspecified atom stereocenters. The second kappa shape index (κ2) is 13.1. The van der Waals surface area contributed by atoms with Gasteiger partial charge in [-0.05, 0) is 144 Å². The fourth-order valence-corrected chi connectivity index (χ4v) is 11.1. The minimum atomic E-state index is 0.875. The summed E-state index contributed by atoms with van der Waals surface area (Å²) in [5, 5.41) is 12.8. The molecule has 0 aliphatic heterocycles. The molecule has 0 N–H and O–H groups in total. The number of nitrogens with zero attached hydrogens (tertiary/aromatic N) is 2. The number of hydrogen-bond acceptors (Lipinski definition) is 0. The minimum absolute atomic E-state index is 0.875. The molecule has 0 fully saturated rings. The number of fused-ring (bicyclic) bond motifs is 15. The van der Waals surface area contributed by atoms with E-state index >= 15 is 0 Å². The number of rotatable bonds is 4. The maximum absolute atomic E-state index is 2.48. The van der Waals surface area contributed by atoms with E-state index in [0.717, 1.165) is 6.42 Å². The summed E-state index contributed by atoms with van der Waals surface area (Å²) < 4.78 is 4.92. The lowest BCUT2D eigenvalue weighted by molar-refractivity contribution is 1.17. The van der Waals surface area contributed by atoms with Crippen molar-refractivity contribution in [2.45, 2.75) is 6.42 Å². The molecule has 2 heterocycles. The molecule has 2 heteroatoms. The van der Waals surface area contributed by atoms with Crippen LogP contribution >= 0.6 is 0 Å². The first-order chi connectivity index (χ1) is 31.2. The van der Waals surface area contributed by atoms with E-state index in [2.05, 4.69) is 228 Å². The first-order valence-electron chi connectivity index (χ1n) is 22.0. The van der Waals surface area contributed by atoms with Gasteiger partial charge in [0, 0.05) is 32.9 Å². The summed E-state index contributed by atoms with van der Waals surface area (Å²) in [7, 11) is 0. The molecular weight excluding hydrogens is 761 g/mol. The molecule has 14 rings (SSSR count). The summed E-state index contributed by atoms with van der Waals surface area (Å²) in [5.41, 5.74) is 17.5. The van der Waals surface area contributed by atoms with Crippen molar-refractivity contribution in [2.24, 2.45) is 0 Å². The van der Waals surface area contributed by atoms with Crippen molar-refractivity contribution in [3.63, 3.8) is 0 Å². The first kappa shape index (κ1) is 34.5. The van der Waals surface area contributed by atoms with Crippen molar-refractivity contribution in [1.29, 1.82) is 0 Å². The highest BCUT2D eigenvalue weighted by Gasteiger charge is 2.26. The van der Waals surface area contributed by atoms with Gasteiger partial charge < -0.3 is 9.13 Å². The van der Waals surface area contributed by atoms with Gasteiger partial charge in [0.15, 0.2) is 0 Å². The number of aromatic nitrogens is 2. The van der Waals surface area contributed by atoms with Gasteiger partial charge in [0.2, 0.25) is 0 Å². The van der Waals surface area contributed by atoms with Gasteiger partial charge in [-0.25, -0.2) is 0 Å². The second-order valence-corrected chi connectivity index (χ2v) is 17.2. The zero-order valence-corrected chi connectivity index (χ0v) is 34.4. The Bertz CT molecular complexity index is 3920. The lowest BCUT2D eigenvalue weighted by Crippen LogP contribution is -1.98. The Morgan fingerprint density at radius 2 is 0.683 bits per heavy atom. The zero-order chi connectivity index (χ0) is 41.2. The van der Waals surface area contributed by atoms with Gasteiger partial charge in [-0.3, -0.25) is 0 Å². The standard InChI is InChI=1S/C61H38N2/c1-2-18-46-44(16-1)45-17-3-4-19-47(45)55-33-39(29-31-48(46)55)38-14-13-15-40(32-38)54-36-43(63-60-26-11-7-22-51(60)52-23-8-12-27-61(52)63)37-57-53-35-42(30-28-41(53)34-56(54)57)62-58-24-9-5-20-49(58)50-21-6-10-25-59(50)62/h1-33,35-37H,34H2. The van der Waals surface area contributed by atoms with Crippen molar-refractivity contribution in [2.75, 3.05) is 0 Å². The third-order valence-corrected chi connectivity index (χ3v) is 13.9. The number of para-hydroxylation sites is 4. The second-order valence-electron chi connectivity index (χ2n) is 17.2. The average Bonchev–Trinajstić information content (AvgIpc) is 4.01. The van der Waals surface area contributed by atoms with Crippen LogP contribution in [0.4, 0.5) is 0 Å². The van der Waals surface area contributed by atoms with Crippen molar-refractivity contribution < 1.29 is 0 Å². The lowest BCUT2D eigenvalue weighted by atomic mass is 9.90. The third kappa shape index (κ3) is 5.01. The number of hydrogen-bond donors (Lipinski definition) is 0. The van der Waals surface area contributed by atoms with E-state index in [0.29, 0.717) is 0 Å². The van der Waals surface area contributed by atoms with E-state index in [1.807, 2.05) is 0 Å². The molecule has 11 aromatic carbocycles. The lowest BCUT2D eigenvalue weighted by Gasteiger charge is -2.17. The summed E-state index contributed by atoms with van der Waals surface area (Å²) in [4.78, 5) is 0. The Balaban J connectivity index is 0.996. The summed E-state index contributed by atoms with van der Waals surface area (Å²) >= 11 is 0. The maximum atomic E-state index is 2.48. The molecule has 13 aromatic rings. The van der Waals surface area contributed by atoms with Crippen LogP contribution in [0.3, 0.4) is 0 Å². The van der Waals surface area contributed by atoms with Crippen molar-refractivity contribution >= 4 is 75.9 Å². The van der Waals surface area contributed by atoms with Crippen LogP contribution < -0.4 is 0 Å². The molecule has 0 radical (unpaired) electrons. The van der Waals surface area contributed by atoms with Gasteiger partial charge in [0.25, 0.3) is 0 Å². The van der Waals surface area contributed by atoms with Gasteiger partial charge in [0.1, 0.15) is 0 Å². The Labute approximate surface area is 364 Å². The normalized spacial score (nSPS) is 12.4. The van der Waals surface area contributed by atoms with Crippen LogP contribution in [0.1, 0.15) is 11.1 Å². The maximum Gasteiger partial charge on any atom is 0.0541 e. The molecule has 0 amide bonds. The van der Waals surface area contributed by atoms with Gasteiger partial charge in [-0.15, -0.1) is 0 Å². The monoisotopic (exact) mass is 798 g/mol. The van der Waals surface area contributed by atoms with Crippen LogP contribution in [0.25, 0.3) is 121 Å². The molecule has 1 aliphatic rings. The topological polar surface area (TPSA) is 9.86 Å². The fraction of sp³-hybridized carbons (Fsp3) is 0.0164. The fourth-order valence-electron chi connectivity index (χ4n) is 11.1. The highest BCUT2D eigenvalue weighted by atomic mass is 15.0. The van der Waals surface area contributed by atoms with E-state index in [4.69, 9.17) is 0 Å². The smallest absolute Gasteiger partial charge is 0.0541 e. The van der Waals surface area contributed by atoms with E-state index in [1.165, 1.54) is 132 Å². The van der Waals surface area contributed by atoms with E-state index in [1.54, 1.807) is 0 Å². The Morgan fingerprint density at radius 3 is 1.25 bits per heavy atom. The van der Waals surface area contributed by atoms with E-state index in [-0.39, 0.29) is 0 Å². The first-order valence-corrected chi connectivity index (χ1v) is 22.0. The van der Waals surface area contributed by atoms with Crippen molar-refractivity contribution in [3.05, 3.63) is 230 Å². The predicted octanol–water partition coefficient (Wildman–Crippen LogP) is 16.2. The SMILES string of the molecule is c1cc(-c2ccc3c4ccccc4c4ccccc4c3c2)cc(-c2cc(-n3c4ccccc4c4ccccc43)cc3c2Cc2ccc(-n4c5ccccc5c5ccccc54)cc2-3)c1. The van der Waals surface area contributed by atoms with Gasteiger partial charge in [0.05, 0.1) is 22.1 Å². The molecule has 0 spiro atoms. The molecule has 2 aromatic heterocycles. The van der Waals surface area contributed by atoms with Crippen molar-refractivity contribution in [3.8, 4) is 44.8 Å². The largest absolute Gasteiger partial charge is 0.309 e. The van der Waals surface area contributed by atoms with Gasteiger partial charge in [-0.1, -0.05) is 158 Å². The quantitative estimate of drug-likeness (QED) is 0.157. The van der Waals surface area contributed by atoms with Crippen molar-refractivity contribution in [1.82, 2.24) is 9.13 Å². The summed E-state index contributed by atoms with van der Waals surface area (Å²) in [5.74, 6) is 0. The molecule has 0 atom stereocenters.